The van der Waals surface area contributed by atoms with E-state index in [1.54, 1.807) is 14.0 Å². The summed E-state index contributed by atoms with van der Waals surface area (Å²) in [7, 11) is 1.55. The smallest absolute Gasteiger partial charge is 0.239 e. The Labute approximate surface area is 119 Å². The van der Waals surface area contributed by atoms with Crippen molar-refractivity contribution in [2.45, 2.75) is 26.3 Å². The Kier molecular flexibility index (Phi) is 6.18. The van der Waals surface area contributed by atoms with Gasteiger partial charge in [0.25, 0.3) is 0 Å². The van der Waals surface area contributed by atoms with Crippen LogP contribution in [0.15, 0.2) is 24.3 Å². The molecule has 0 aliphatic rings. The highest BCUT2D eigenvalue weighted by atomic mass is 16.5. The number of carbonyl (C=O) groups is 2. The average molecular weight is 278 g/mol. The first kappa shape index (κ1) is 16.2. The molecule has 0 spiro atoms. The van der Waals surface area contributed by atoms with Crippen molar-refractivity contribution in [3.05, 3.63) is 35.4 Å². The second-order valence-corrected chi connectivity index (χ2v) is 4.82. The van der Waals surface area contributed by atoms with Gasteiger partial charge in [0.15, 0.2) is 0 Å². The van der Waals surface area contributed by atoms with Crippen LogP contribution in [0, 0.1) is 6.92 Å². The third kappa shape index (κ3) is 4.66. The highest BCUT2D eigenvalue weighted by Crippen LogP contribution is 2.08. The monoisotopic (exact) mass is 278 g/mol. The summed E-state index contributed by atoms with van der Waals surface area (Å²) in [5, 5.41) is 0. The summed E-state index contributed by atoms with van der Waals surface area (Å²) in [4.78, 5) is 25.1. The number of nitrogens with two attached hydrogens (primary N) is 1. The molecule has 0 radical (unpaired) electrons. The largest absolute Gasteiger partial charge is 0.383 e. The highest BCUT2D eigenvalue weighted by molar-refractivity contribution is 5.87. The quantitative estimate of drug-likeness (QED) is 0.805. The zero-order valence-corrected chi connectivity index (χ0v) is 12.3. The SMILES string of the molecule is COCCN(C(=O)Cc1cccc(C)c1)C(C)C(N)=O. The van der Waals surface area contributed by atoms with Crippen LogP contribution in [0.4, 0.5) is 0 Å². The average Bonchev–Trinajstić information content (AvgIpc) is 2.38. The molecule has 0 aromatic heterocycles. The van der Waals surface area contributed by atoms with Gasteiger partial charge in [0, 0.05) is 13.7 Å². The summed E-state index contributed by atoms with van der Waals surface area (Å²) in [5.74, 6) is -0.641. The lowest BCUT2D eigenvalue weighted by Gasteiger charge is -2.27. The van der Waals surface area contributed by atoms with Crippen molar-refractivity contribution in [3.63, 3.8) is 0 Å². The van der Waals surface area contributed by atoms with Gasteiger partial charge in [0.05, 0.1) is 13.0 Å². The van der Waals surface area contributed by atoms with Gasteiger partial charge in [-0.15, -0.1) is 0 Å². The molecule has 5 heteroatoms. The van der Waals surface area contributed by atoms with Gasteiger partial charge < -0.3 is 15.4 Å². The second kappa shape index (κ2) is 7.65. The molecule has 1 aromatic rings. The number of benzene rings is 1. The molecule has 1 unspecified atom stereocenters. The van der Waals surface area contributed by atoms with E-state index in [1.807, 2.05) is 31.2 Å². The van der Waals surface area contributed by atoms with E-state index in [1.165, 1.54) is 4.90 Å². The minimum Gasteiger partial charge on any atom is -0.383 e. The molecule has 0 fully saturated rings. The Morgan fingerprint density at radius 2 is 2.10 bits per heavy atom. The van der Waals surface area contributed by atoms with Crippen LogP contribution in [0.25, 0.3) is 0 Å². The Hall–Kier alpha value is -1.88. The zero-order chi connectivity index (χ0) is 15.1. The number of rotatable bonds is 7. The van der Waals surface area contributed by atoms with Crippen LogP contribution < -0.4 is 5.73 Å². The van der Waals surface area contributed by atoms with Crippen molar-refractivity contribution in [3.8, 4) is 0 Å². The van der Waals surface area contributed by atoms with E-state index in [2.05, 4.69) is 0 Å². The van der Waals surface area contributed by atoms with Gasteiger partial charge in [0.2, 0.25) is 11.8 Å². The number of methoxy groups -OCH3 is 1. The minimum absolute atomic E-state index is 0.126. The Morgan fingerprint density at radius 3 is 2.65 bits per heavy atom. The third-order valence-corrected chi connectivity index (χ3v) is 3.17. The summed E-state index contributed by atoms with van der Waals surface area (Å²) < 4.78 is 4.98. The normalized spacial score (nSPS) is 11.9. The molecule has 0 saturated carbocycles. The Balaban J connectivity index is 2.79. The maximum Gasteiger partial charge on any atom is 0.239 e. The van der Waals surface area contributed by atoms with Crippen molar-refractivity contribution in [1.29, 1.82) is 0 Å². The number of nitrogens with zero attached hydrogens (tertiary/aromatic N) is 1. The summed E-state index contributed by atoms with van der Waals surface area (Å²) in [6.45, 7) is 4.33. The van der Waals surface area contributed by atoms with Crippen molar-refractivity contribution < 1.29 is 14.3 Å². The van der Waals surface area contributed by atoms with E-state index in [0.717, 1.165) is 11.1 Å². The van der Waals surface area contributed by atoms with Gasteiger partial charge in [-0.2, -0.15) is 0 Å². The van der Waals surface area contributed by atoms with Gasteiger partial charge >= 0.3 is 0 Å². The van der Waals surface area contributed by atoms with E-state index in [0.29, 0.717) is 13.2 Å². The predicted molar refractivity (Wildman–Crippen MR) is 77.1 cm³/mol. The number of carbonyl (C=O) groups excluding carboxylic acids is 2. The molecule has 0 heterocycles. The summed E-state index contributed by atoms with van der Waals surface area (Å²) in [5.41, 5.74) is 7.31. The second-order valence-electron chi connectivity index (χ2n) is 4.82. The predicted octanol–water partition coefficient (Wildman–Crippen LogP) is 0.886. The van der Waals surface area contributed by atoms with Crippen LogP contribution in [0.3, 0.4) is 0 Å². The molecule has 0 aliphatic carbocycles. The molecule has 1 atom stereocenters. The maximum absolute atomic E-state index is 12.3. The van der Waals surface area contributed by atoms with E-state index < -0.39 is 11.9 Å². The topological polar surface area (TPSA) is 72.6 Å². The fourth-order valence-corrected chi connectivity index (χ4v) is 1.98. The van der Waals surface area contributed by atoms with Crippen LogP contribution in [0.1, 0.15) is 18.1 Å². The van der Waals surface area contributed by atoms with Gasteiger partial charge in [-0.05, 0) is 19.4 Å². The number of aryl methyl sites for hydroxylation is 1. The van der Waals surface area contributed by atoms with Crippen LogP contribution in [-0.2, 0) is 20.7 Å². The van der Waals surface area contributed by atoms with Gasteiger partial charge in [-0.25, -0.2) is 0 Å². The zero-order valence-electron chi connectivity index (χ0n) is 12.3. The first-order valence-electron chi connectivity index (χ1n) is 6.59. The van der Waals surface area contributed by atoms with Gasteiger partial charge in [-0.1, -0.05) is 29.8 Å². The van der Waals surface area contributed by atoms with E-state index >= 15 is 0 Å². The van der Waals surface area contributed by atoms with Crippen molar-refractivity contribution in [2.75, 3.05) is 20.3 Å². The molecule has 20 heavy (non-hydrogen) atoms. The molecular weight excluding hydrogens is 256 g/mol. The highest BCUT2D eigenvalue weighted by Gasteiger charge is 2.23. The fraction of sp³-hybridized carbons (Fsp3) is 0.467. The standard InChI is InChI=1S/C15H22N2O3/c1-11-5-4-6-13(9-11)10-14(18)17(7-8-20-3)12(2)15(16)19/h4-6,9,12H,7-8,10H2,1-3H3,(H2,16,19). The molecule has 0 bridgehead atoms. The maximum atomic E-state index is 12.3. The van der Waals surface area contributed by atoms with Gasteiger partial charge in [-0.3, -0.25) is 9.59 Å². The summed E-state index contributed by atoms with van der Waals surface area (Å²) >= 11 is 0. The lowest BCUT2D eigenvalue weighted by atomic mass is 10.1. The number of hydrogen-bond donors (Lipinski definition) is 1. The first-order valence-corrected chi connectivity index (χ1v) is 6.59. The lowest BCUT2D eigenvalue weighted by molar-refractivity contribution is -0.138. The number of primary amides is 1. The fourth-order valence-electron chi connectivity index (χ4n) is 1.98. The number of amides is 2. The molecule has 110 valence electrons. The summed E-state index contributed by atoms with van der Waals surface area (Å²) in [6, 6.07) is 7.11. The van der Waals surface area contributed by atoms with Crippen LogP contribution >= 0.6 is 0 Å². The molecule has 5 nitrogen and oxygen atoms in total. The lowest BCUT2D eigenvalue weighted by Crippen LogP contribution is -2.48. The van der Waals surface area contributed by atoms with Crippen LogP contribution in [-0.4, -0.2) is 43.0 Å². The first-order chi connectivity index (χ1) is 9.45. The molecule has 1 rings (SSSR count). The molecule has 2 amide bonds. The van der Waals surface area contributed by atoms with Crippen molar-refractivity contribution in [2.24, 2.45) is 5.73 Å². The summed E-state index contributed by atoms with van der Waals surface area (Å²) in [6.07, 6.45) is 0.253. The van der Waals surface area contributed by atoms with Crippen LogP contribution in [0.2, 0.25) is 0 Å². The molecular formula is C15H22N2O3. The van der Waals surface area contributed by atoms with Crippen LogP contribution in [0.5, 0.6) is 0 Å². The molecule has 0 aliphatic heterocycles. The number of ether oxygens (including phenoxy) is 1. The van der Waals surface area contributed by atoms with E-state index in [-0.39, 0.29) is 12.3 Å². The Bertz CT molecular complexity index is 474. The van der Waals surface area contributed by atoms with Crippen molar-refractivity contribution in [1.82, 2.24) is 4.90 Å². The molecule has 0 saturated heterocycles. The van der Waals surface area contributed by atoms with Crippen molar-refractivity contribution >= 4 is 11.8 Å². The number of hydrogen-bond acceptors (Lipinski definition) is 3. The third-order valence-electron chi connectivity index (χ3n) is 3.17. The van der Waals surface area contributed by atoms with E-state index in [4.69, 9.17) is 10.5 Å². The minimum atomic E-state index is -0.637. The molecule has 1 aromatic carbocycles. The van der Waals surface area contributed by atoms with Gasteiger partial charge in [0.1, 0.15) is 6.04 Å². The van der Waals surface area contributed by atoms with E-state index in [9.17, 15) is 9.59 Å². The molecule has 2 N–H and O–H groups in total. The Morgan fingerprint density at radius 1 is 1.40 bits per heavy atom.